The van der Waals surface area contributed by atoms with Crippen LogP contribution in [0.15, 0.2) is 18.2 Å². The van der Waals surface area contributed by atoms with Crippen molar-refractivity contribution in [1.29, 1.82) is 0 Å². The van der Waals surface area contributed by atoms with Crippen LogP contribution in [0.5, 0.6) is 0 Å². The van der Waals surface area contributed by atoms with E-state index in [1.165, 1.54) is 0 Å². The number of hydrogen-bond acceptors (Lipinski definition) is 3. The van der Waals surface area contributed by atoms with Gasteiger partial charge in [0.05, 0.1) is 0 Å². The third-order valence-corrected chi connectivity index (χ3v) is 2.86. The minimum Gasteiger partial charge on any atom is -0.398 e. The quantitative estimate of drug-likeness (QED) is 0.806. The van der Waals surface area contributed by atoms with Gasteiger partial charge in [-0.2, -0.15) is 5.10 Å². The van der Waals surface area contributed by atoms with Gasteiger partial charge in [-0.25, -0.2) is 9.67 Å². The molecular formula is C13H18N4. The Kier molecular flexibility index (Phi) is 2.88. The number of nitrogen functional groups attached to an aromatic ring is 1. The smallest absolute Gasteiger partial charge is 0.160 e. The van der Waals surface area contributed by atoms with E-state index in [0.717, 1.165) is 28.5 Å². The second-order valence-electron chi connectivity index (χ2n) is 4.61. The number of nitrogens with zero attached hydrogens (tertiary/aromatic N) is 3. The van der Waals surface area contributed by atoms with Crippen molar-refractivity contribution in [2.45, 2.75) is 26.7 Å². The molecule has 4 heteroatoms. The zero-order chi connectivity index (χ0) is 12.6. The molecule has 0 radical (unpaired) electrons. The highest BCUT2D eigenvalue weighted by Gasteiger charge is 2.14. The lowest BCUT2D eigenvalue weighted by Crippen LogP contribution is -1.99. The zero-order valence-electron chi connectivity index (χ0n) is 10.7. The first-order valence-electron chi connectivity index (χ1n) is 5.77. The van der Waals surface area contributed by atoms with E-state index >= 15 is 0 Å². The van der Waals surface area contributed by atoms with E-state index in [1.807, 2.05) is 32.2 Å². The van der Waals surface area contributed by atoms with E-state index in [1.54, 1.807) is 4.68 Å². The summed E-state index contributed by atoms with van der Waals surface area (Å²) in [5.41, 5.74) is 8.88. The van der Waals surface area contributed by atoms with Crippen LogP contribution in [0.2, 0.25) is 0 Å². The molecular weight excluding hydrogens is 212 g/mol. The number of anilines is 1. The highest BCUT2D eigenvalue weighted by Crippen LogP contribution is 2.27. The van der Waals surface area contributed by atoms with Crippen LogP contribution in [-0.2, 0) is 7.05 Å². The topological polar surface area (TPSA) is 56.7 Å². The lowest BCUT2D eigenvalue weighted by atomic mass is 10.1. The molecule has 2 aromatic rings. The Labute approximate surface area is 101 Å². The van der Waals surface area contributed by atoms with Crippen LogP contribution in [-0.4, -0.2) is 14.8 Å². The summed E-state index contributed by atoms with van der Waals surface area (Å²) in [6, 6.07) is 5.97. The van der Waals surface area contributed by atoms with Crippen molar-refractivity contribution in [1.82, 2.24) is 14.8 Å². The number of para-hydroxylation sites is 1. The Morgan fingerprint density at radius 2 is 2.00 bits per heavy atom. The first kappa shape index (κ1) is 11.6. The Morgan fingerprint density at radius 1 is 1.29 bits per heavy atom. The summed E-state index contributed by atoms with van der Waals surface area (Å²) < 4.78 is 1.79. The molecule has 2 N–H and O–H groups in total. The van der Waals surface area contributed by atoms with E-state index in [-0.39, 0.29) is 0 Å². The largest absolute Gasteiger partial charge is 0.398 e. The molecule has 0 aliphatic heterocycles. The average Bonchev–Trinajstić information content (AvgIpc) is 2.65. The van der Waals surface area contributed by atoms with Crippen molar-refractivity contribution in [3.05, 3.63) is 29.6 Å². The fourth-order valence-corrected chi connectivity index (χ4v) is 1.76. The summed E-state index contributed by atoms with van der Waals surface area (Å²) in [5.74, 6) is 2.00. The second-order valence-corrected chi connectivity index (χ2v) is 4.61. The minimum atomic E-state index is 0.320. The van der Waals surface area contributed by atoms with Crippen molar-refractivity contribution in [2.75, 3.05) is 5.73 Å². The van der Waals surface area contributed by atoms with E-state index < -0.39 is 0 Å². The Morgan fingerprint density at radius 3 is 2.59 bits per heavy atom. The number of aryl methyl sites for hydroxylation is 2. The van der Waals surface area contributed by atoms with Crippen LogP contribution >= 0.6 is 0 Å². The van der Waals surface area contributed by atoms with Crippen LogP contribution in [0.25, 0.3) is 11.4 Å². The molecule has 1 aromatic carbocycles. The summed E-state index contributed by atoms with van der Waals surface area (Å²) in [7, 11) is 1.90. The molecule has 0 atom stereocenters. The lowest BCUT2D eigenvalue weighted by molar-refractivity contribution is 0.712. The van der Waals surface area contributed by atoms with E-state index in [9.17, 15) is 0 Å². The van der Waals surface area contributed by atoms with Crippen LogP contribution in [0, 0.1) is 6.92 Å². The fourth-order valence-electron chi connectivity index (χ4n) is 1.76. The third-order valence-electron chi connectivity index (χ3n) is 2.86. The molecule has 0 saturated heterocycles. The maximum Gasteiger partial charge on any atom is 0.160 e. The number of nitrogens with two attached hydrogens (primary N) is 1. The van der Waals surface area contributed by atoms with Crippen LogP contribution in [0.4, 0.5) is 5.69 Å². The van der Waals surface area contributed by atoms with Crippen LogP contribution in [0.1, 0.15) is 31.2 Å². The summed E-state index contributed by atoms with van der Waals surface area (Å²) >= 11 is 0. The number of aromatic nitrogens is 3. The average molecular weight is 230 g/mol. The maximum atomic E-state index is 6.09. The van der Waals surface area contributed by atoms with Gasteiger partial charge in [-0.15, -0.1) is 0 Å². The van der Waals surface area contributed by atoms with E-state index in [4.69, 9.17) is 5.73 Å². The van der Waals surface area contributed by atoms with Gasteiger partial charge >= 0.3 is 0 Å². The molecule has 0 fully saturated rings. The van der Waals surface area contributed by atoms with Gasteiger partial charge in [0.25, 0.3) is 0 Å². The Bertz CT molecular complexity index is 540. The molecule has 0 aliphatic carbocycles. The van der Waals surface area contributed by atoms with E-state index in [0.29, 0.717) is 5.92 Å². The van der Waals surface area contributed by atoms with Gasteiger partial charge in [0, 0.05) is 24.2 Å². The van der Waals surface area contributed by atoms with Gasteiger partial charge in [0.15, 0.2) is 11.6 Å². The zero-order valence-corrected chi connectivity index (χ0v) is 10.7. The summed E-state index contributed by atoms with van der Waals surface area (Å²) in [6.45, 7) is 6.16. The lowest BCUT2D eigenvalue weighted by Gasteiger charge is -2.06. The maximum absolute atomic E-state index is 6.09. The van der Waals surface area contributed by atoms with Gasteiger partial charge in [-0.05, 0) is 18.6 Å². The Hall–Kier alpha value is -1.84. The monoisotopic (exact) mass is 230 g/mol. The molecule has 2 rings (SSSR count). The van der Waals surface area contributed by atoms with Gasteiger partial charge in [0.1, 0.15) is 0 Å². The minimum absolute atomic E-state index is 0.320. The standard InChI is InChI=1S/C13H18N4/c1-8(2)12-15-13(17(4)16-12)10-7-5-6-9(3)11(10)14/h5-8H,14H2,1-4H3. The van der Waals surface area contributed by atoms with Crippen molar-refractivity contribution < 1.29 is 0 Å². The highest BCUT2D eigenvalue weighted by molar-refractivity contribution is 5.74. The normalized spacial score (nSPS) is 11.1. The van der Waals surface area contributed by atoms with Crippen molar-refractivity contribution in [3.63, 3.8) is 0 Å². The van der Waals surface area contributed by atoms with Gasteiger partial charge in [-0.3, -0.25) is 0 Å². The first-order chi connectivity index (χ1) is 8.00. The summed E-state index contributed by atoms with van der Waals surface area (Å²) in [5, 5.41) is 4.41. The second kappa shape index (κ2) is 4.20. The summed E-state index contributed by atoms with van der Waals surface area (Å²) in [4.78, 5) is 4.55. The molecule has 0 spiro atoms. The molecule has 0 aliphatic rings. The van der Waals surface area contributed by atoms with Crippen molar-refractivity contribution in [3.8, 4) is 11.4 Å². The molecule has 4 nitrogen and oxygen atoms in total. The van der Waals surface area contributed by atoms with Gasteiger partial charge in [-0.1, -0.05) is 26.0 Å². The fraction of sp³-hybridized carbons (Fsp3) is 0.385. The highest BCUT2D eigenvalue weighted by atomic mass is 15.3. The predicted molar refractivity (Wildman–Crippen MR) is 69.7 cm³/mol. The molecule has 0 unspecified atom stereocenters. The molecule has 0 bridgehead atoms. The summed E-state index contributed by atoms with van der Waals surface area (Å²) in [6.07, 6.45) is 0. The first-order valence-corrected chi connectivity index (χ1v) is 5.77. The Balaban J connectivity index is 2.57. The molecule has 17 heavy (non-hydrogen) atoms. The molecule has 1 aromatic heterocycles. The number of rotatable bonds is 2. The number of hydrogen-bond donors (Lipinski definition) is 1. The van der Waals surface area contributed by atoms with E-state index in [2.05, 4.69) is 23.9 Å². The third kappa shape index (κ3) is 2.02. The molecule has 0 amide bonds. The van der Waals surface area contributed by atoms with Gasteiger partial charge < -0.3 is 5.73 Å². The molecule has 1 heterocycles. The van der Waals surface area contributed by atoms with Gasteiger partial charge in [0.2, 0.25) is 0 Å². The van der Waals surface area contributed by atoms with Crippen molar-refractivity contribution >= 4 is 5.69 Å². The molecule has 90 valence electrons. The van der Waals surface area contributed by atoms with Crippen LogP contribution < -0.4 is 5.73 Å². The molecule has 0 saturated carbocycles. The van der Waals surface area contributed by atoms with Crippen molar-refractivity contribution in [2.24, 2.45) is 7.05 Å². The predicted octanol–water partition coefficient (Wildman–Crippen LogP) is 2.50. The van der Waals surface area contributed by atoms with Crippen LogP contribution in [0.3, 0.4) is 0 Å². The number of benzene rings is 1. The SMILES string of the molecule is Cc1cccc(-c2nc(C(C)C)nn2C)c1N.